The molecule has 0 bridgehead atoms. The molecule has 0 saturated carbocycles. The van der Waals surface area contributed by atoms with Gasteiger partial charge in [0.25, 0.3) is 5.91 Å². The highest BCUT2D eigenvalue weighted by Gasteiger charge is 2.27. The van der Waals surface area contributed by atoms with Crippen LogP contribution in [0, 0.1) is 6.92 Å². The minimum Gasteiger partial charge on any atom is -0.379 e. The predicted octanol–water partition coefficient (Wildman–Crippen LogP) is 0.645. The summed E-state index contributed by atoms with van der Waals surface area (Å²) in [5.41, 5.74) is 1.32. The van der Waals surface area contributed by atoms with Gasteiger partial charge in [0, 0.05) is 37.9 Å². The van der Waals surface area contributed by atoms with Gasteiger partial charge >= 0.3 is 5.69 Å². The maximum atomic E-state index is 12.9. The lowest BCUT2D eigenvalue weighted by Crippen LogP contribution is -2.40. The van der Waals surface area contributed by atoms with Crippen LogP contribution >= 0.6 is 0 Å². The molecule has 32 heavy (non-hydrogen) atoms. The number of pyridine rings is 1. The number of benzene rings is 1. The summed E-state index contributed by atoms with van der Waals surface area (Å²) in [4.78, 5) is 25.1. The number of hydrogen-bond donors (Lipinski definition) is 1. The molecule has 0 aliphatic carbocycles. The number of nitrogens with one attached hydrogen (secondary N) is 1. The lowest BCUT2D eigenvalue weighted by molar-refractivity contribution is 0.0730. The van der Waals surface area contributed by atoms with Crippen molar-refractivity contribution in [2.45, 2.75) is 24.8 Å². The molecular weight excluding hydrogens is 434 g/mol. The SMILES string of the molecule is Cc1ccc(S(=O)(=O)N2CCOCC2)cc1C(=O)NCCCn1nc2ccccn2c1=O. The molecule has 0 spiro atoms. The maximum absolute atomic E-state index is 12.9. The Morgan fingerprint density at radius 3 is 2.72 bits per heavy atom. The summed E-state index contributed by atoms with van der Waals surface area (Å²) in [5, 5.41) is 7.06. The molecule has 1 amide bonds. The molecular formula is C21H25N5O5S. The van der Waals surface area contributed by atoms with Crippen LogP contribution in [0.15, 0.2) is 52.3 Å². The molecule has 1 aliphatic heterocycles. The summed E-state index contributed by atoms with van der Waals surface area (Å²) in [6, 6.07) is 9.89. The van der Waals surface area contributed by atoms with E-state index in [2.05, 4.69) is 10.4 Å². The molecule has 0 unspecified atom stereocenters. The van der Waals surface area contributed by atoms with Gasteiger partial charge in [-0.2, -0.15) is 4.31 Å². The molecule has 11 heteroatoms. The molecule has 170 valence electrons. The number of rotatable bonds is 7. The monoisotopic (exact) mass is 459 g/mol. The van der Waals surface area contributed by atoms with Crippen LogP contribution in [-0.4, -0.2) is 65.7 Å². The minimum absolute atomic E-state index is 0.0893. The van der Waals surface area contributed by atoms with Crippen LogP contribution < -0.4 is 11.0 Å². The van der Waals surface area contributed by atoms with Gasteiger partial charge in [0.15, 0.2) is 5.65 Å². The van der Waals surface area contributed by atoms with Gasteiger partial charge < -0.3 is 10.1 Å². The number of amides is 1. The summed E-state index contributed by atoms with van der Waals surface area (Å²) in [6.07, 6.45) is 2.16. The first kappa shape index (κ1) is 22.2. The van der Waals surface area contributed by atoms with Crippen molar-refractivity contribution in [2.75, 3.05) is 32.8 Å². The van der Waals surface area contributed by atoms with Crippen LogP contribution in [0.25, 0.3) is 5.65 Å². The van der Waals surface area contributed by atoms with Crippen LogP contribution in [0.3, 0.4) is 0 Å². The highest BCUT2D eigenvalue weighted by atomic mass is 32.2. The molecule has 1 aliphatic rings. The van der Waals surface area contributed by atoms with Crippen molar-refractivity contribution in [2.24, 2.45) is 0 Å². The van der Waals surface area contributed by atoms with Gasteiger partial charge in [0.05, 0.1) is 18.1 Å². The predicted molar refractivity (Wildman–Crippen MR) is 117 cm³/mol. The zero-order valence-electron chi connectivity index (χ0n) is 17.7. The molecule has 1 aromatic carbocycles. The molecule has 1 saturated heterocycles. The zero-order valence-corrected chi connectivity index (χ0v) is 18.5. The number of aryl methyl sites for hydroxylation is 2. The summed E-state index contributed by atoms with van der Waals surface area (Å²) < 4.78 is 35.2. The smallest absolute Gasteiger partial charge is 0.350 e. The van der Waals surface area contributed by atoms with E-state index >= 15 is 0 Å². The topological polar surface area (TPSA) is 115 Å². The highest BCUT2D eigenvalue weighted by molar-refractivity contribution is 7.89. The Kier molecular flexibility index (Phi) is 6.40. The molecule has 10 nitrogen and oxygen atoms in total. The van der Waals surface area contributed by atoms with Crippen LogP contribution in [0.2, 0.25) is 0 Å². The third-order valence-electron chi connectivity index (χ3n) is 5.38. The fraction of sp³-hybridized carbons (Fsp3) is 0.381. The van der Waals surface area contributed by atoms with E-state index in [-0.39, 0.29) is 16.5 Å². The van der Waals surface area contributed by atoms with Gasteiger partial charge in [-0.3, -0.25) is 9.20 Å². The first-order valence-electron chi connectivity index (χ1n) is 10.4. The number of hydrogen-bond acceptors (Lipinski definition) is 6. The van der Waals surface area contributed by atoms with Crippen molar-refractivity contribution >= 4 is 21.6 Å². The average Bonchev–Trinajstić information content (AvgIpc) is 3.13. The lowest BCUT2D eigenvalue weighted by atomic mass is 10.1. The molecule has 4 rings (SSSR count). The number of ether oxygens (including phenoxy) is 1. The van der Waals surface area contributed by atoms with Gasteiger partial charge in [0.1, 0.15) is 0 Å². The second kappa shape index (κ2) is 9.23. The van der Waals surface area contributed by atoms with E-state index in [9.17, 15) is 18.0 Å². The largest absolute Gasteiger partial charge is 0.379 e. The zero-order chi connectivity index (χ0) is 22.7. The first-order valence-corrected chi connectivity index (χ1v) is 11.8. The maximum Gasteiger partial charge on any atom is 0.350 e. The average molecular weight is 460 g/mol. The first-order chi connectivity index (χ1) is 15.4. The second-order valence-electron chi connectivity index (χ2n) is 7.54. The molecule has 3 aromatic rings. The second-order valence-corrected chi connectivity index (χ2v) is 9.48. The fourth-order valence-corrected chi connectivity index (χ4v) is 5.02. The number of fused-ring (bicyclic) bond motifs is 1. The fourth-order valence-electron chi connectivity index (χ4n) is 3.58. The van der Waals surface area contributed by atoms with Crippen LogP contribution in [0.1, 0.15) is 22.3 Å². The molecule has 0 atom stereocenters. The third kappa shape index (κ3) is 4.45. The van der Waals surface area contributed by atoms with Gasteiger partial charge in [0.2, 0.25) is 10.0 Å². The van der Waals surface area contributed by atoms with Gasteiger partial charge in [-0.25, -0.2) is 17.9 Å². The number of sulfonamides is 1. The van der Waals surface area contributed by atoms with E-state index < -0.39 is 10.0 Å². The highest BCUT2D eigenvalue weighted by Crippen LogP contribution is 2.20. The van der Waals surface area contributed by atoms with E-state index in [1.165, 1.54) is 25.5 Å². The Balaban J connectivity index is 1.40. The molecule has 1 N–H and O–H groups in total. The Hall–Kier alpha value is -3.02. The van der Waals surface area contributed by atoms with Crippen LogP contribution in [0.5, 0.6) is 0 Å². The van der Waals surface area contributed by atoms with Gasteiger partial charge in [-0.1, -0.05) is 12.1 Å². The van der Waals surface area contributed by atoms with E-state index in [1.807, 2.05) is 6.07 Å². The van der Waals surface area contributed by atoms with E-state index in [4.69, 9.17) is 4.74 Å². The number of carbonyl (C=O) groups is 1. The number of nitrogens with zero attached hydrogens (tertiary/aromatic N) is 4. The third-order valence-corrected chi connectivity index (χ3v) is 7.28. The molecule has 3 heterocycles. The normalized spacial score (nSPS) is 15.2. The summed E-state index contributed by atoms with van der Waals surface area (Å²) in [6.45, 7) is 3.72. The standard InChI is InChI=1S/C21H25N5O5S/c1-16-6-7-17(32(29,30)24-11-13-31-14-12-24)15-18(16)20(27)22-8-4-10-26-21(28)25-9-3-2-5-19(25)23-26/h2-3,5-7,9,15H,4,8,10-14H2,1H3,(H,22,27). The minimum atomic E-state index is -3.69. The number of morpholine rings is 1. The van der Waals surface area contributed by atoms with Gasteiger partial charge in [-0.05, 0) is 43.2 Å². The Labute approximate surface area is 185 Å². The molecule has 0 radical (unpaired) electrons. The van der Waals surface area contributed by atoms with Crippen molar-refractivity contribution in [3.8, 4) is 0 Å². The molecule has 2 aromatic heterocycles. The quantitative estimate of drug-likeness (QED) is 0.519. The summed E-state index contributed by atoms with van der Waals surface area (Å²) >= 11 is 0. The Morgan fingerprint density at radius 1 is 1.19 bits per heavy atom. The van der Waals surface area contributed by atoms with Crippen molar-refractivity contribution in [3.63, 3.8) is 0 Å². The van der Waals surface area contributed by atoms with Crippen molar-refractivity contribution in [1.29, 1.82) is 0 Å². The van der Waals surface area contributed by atoms with E-state index in [0.717, 1.165) is 0 Å². The lowest BCUT2D eigenvalue weighted by Gasteiger charge is -2.26. The van der Waals surface area contributed by atoms with E-state index in [0.29, 0.717) is 62.6 Å². The van der Waals surface area contributed by atoms with Crippen molar-refractivity contribution in [1.82, 2.24) is 23.8 Å². The van der Waals surface area contributed by atoms with Gasteiger partial charge in [-0.15, -0.1) is 5.10 Å². The Morgan fingerprint density at radius 2 is 1.97 bits per heavy atom. The number of carbonyl (C=O) groups excluding carboxylic acids is 1. The summed E-state index contributed by atoms with van der Waals surface area (Å²) in [7, 11) is -3.69. The molecule has 1 fully saturated rings. The van der Waals surface area contributed by atoms with Crippen LogP contribution in [0.4, 0.5) is 0 Å². The van der Waals surface area contributed by atoms with E-state index in [1.54, 1.807) is 31.3 Å². The van der Waals surface area contributed by atoms with Crippen molar-refractivity contribution < 1.29 is 17.9 Å². The number of aromatic nitrogens is 3. The van der Waals surface area contributed by atoms with Crippen molar-refractivity contribution in [3.05, 3.63) is 64.2 Å². The van der Waals surface area contributed by atoms with Crippen LogP contribution in [-0.2, 0) is 21.3 Å². The summed E-state index contributed by atoms with van der Waals surface area (Å²) in [5.74, 6) is -0.358. The Bertz CT molecular complexity index is 1290.